The summed E-state index contributed by atoms with van der Waals surface area (Å²) >= 11 is 0. The van der Waals surface area contributed by atoms with Crippen molar-refractivity contribution in [3.8, 4) is 11.5 Å². The van der Waals surface area contributed by atoms with Gasteiger partial charge in [-0.2, -0.15) is 0 Å². The van der Waals surface area contributed by atoms with E-state index in [1.807, 2.05) is 19.1 Å². The van der Waals surface area contributed by atoms with Crippen molar-refractivity contribution < 1.29 is 19.1 Å². The van der Waals surface area contributed by atoms with Gasteiger partial charge in [0.05, 0.1) is 25.5 Å². The van der Waals surface area contributed by atoms with Crippen LogP contribution in [0.15, 0.2) is 36.4 Å². The average molecular weight is 441 g/mol. The van der Waals surface area contributed by atoms with E-state index < -0.39 is 6.03 Å². The van der Waals surface area contributed by atoms with Crippen LogP contribution in [0, 0.1) is 0 Å². The van der Waals surface area contributed by atoms with Crippen LogP contribution in [-0.4, -0.2) is 45.8 Å². The number of urea groups is 1. The third-order valence-electron chi connectivity index (χ3n) is 5.39. The summed E-state index contributed by atoms with van der Waals surface area (Å²) in [5.74, 6) is 0.983. The number of benzene rings is 2. The van der Waals surface area contributed by atoms with Crippen LogP contribution in [0.2, 0.25) is 0 Å². The largest absolute Gasteiger partial charge is 0.497 e. The van der Waals surface area contributed by atoms with E-state index in [0.29, 0.717) is 35.0 Å². The summed E-state index contributed by atoms with van der Waals surface area (Å²) in [6.45, 7) is 4.48. The molecule has 8 heteroatoms. The molecule has 3 rings (SSSR count). The fourth-order valence-electron chi connectivity index (χ4n) is 3.73. The number of piperidine rings is 1. The SMILES string of the molecule is CCCNC(=O)c1cc(NC(=O)Nc2ccc(OC)cc2OC)ccc1N1CCCCC1. The number of anilines is 3. The number of hydrogen-bond acceptors (Lipinski definition) is 5. The van der Waals surface area contributed by atoms with Gasteiger partial charge in [-0.3, -0.25) is 4.79 Å². The second kappa shape index (κ2) is 11.3. The Morgan fingerprint density at radius 1 is 0.969 bits per heavy atom. The number of ether oxygens (including phenoxy) is 2. The molecular weight excluding hydrogens is 408 g/mol. The molecule has 0 bridgehead atoms. The number of methoxy groups -OCH3 is 2. The first-order valence-electron chi connectivity index (χ1n) is 11.0. The molecule has 0 aromatic heterocycles. The van der Waals surface area contributed by atoms with Gasteiger partial charge in [0.15, 0.2) is 0 Å². The molecule has 32 heavy (non-hydrogen) atoms. The van der Waals surface area contributed by atoms with Gasteiger partial charge in [-0.05, 0) is 56.0 Å². The lowest BCUT2D eigenvalue weighted by atomic mass is 10.1. The normalized spacial score (nSPS) is 13.3. The lowest BCUT2D eigenvalue weighted by Gasteiger charge is -2.30. The van der Waals surface area contributed by atoms with Crippen LogP contribution in [0.3, 0.4) is 0 Å². The van der Waals surface area contributed by atoms with Gasteiger partial charge in [-0.25, -0.2) is 4.79 Å². The lowest BCUT2D eigenvalue weighted by molar-refractivity contribution is 0.0954. The summed E-state index contributed by atoms with van der Waals surface area (Å²) < 4.78 is 10.5. The minimum atomic E-state index is -0.431. The monoisotopic (exact) mass is 440 g/mol. The van der Waals surface area contributed by atoms with E-state index in [4.69, 9.17) is 9.47 Å². The Morgan fingerprint density at radius 3 is 2.44 bits per heavy atom. The van der Waals surface area contributed by atoms with E-state index in [-0.39, 0.29) is 5.91 Å². The molecule has 8 nitrogen and oxygen atoms in total. The van der Waals surface area contributed by atoms with Crippen molar-refractivity contribution in [3.05, 3.63) is 42.0 Å². The zero-order valence-corrected chi connectivity index (χ0v) is 19.0. The number of carbonyl (C=O) groups excluding carboxylic acids is 2. The Balaban J connectivity index is 1.78. The summed E-state index contributed by atoms with van der Waals surface area (Å²) in [6.07, 6.45) is 4.29. The fourth-order valence-corrected chi connectivity index (χ4v) is 3.73. The first-order chi connectivity index (χ1) is 15.5. The summed E-state index contributed by atoms with van der Waals surface area (Å²) in [4.78, 5) is 27.7. The number of carbonyl (C=O) groups is 2. The Morgan fingerprint density at radius 2 is 1.75 bits per heavy atom. The van der Waals surface area contributed by atoms with E-state index in [1.165, 1.54) is 13.5 Å². The average Bonchev–Trinajstić information content (AvgIpc) is 2.83. The number of amides is 3. The van der Waals surface area contributed by atoms with Crippen molar-refractivity contribution in [3.63, 3.8) is 0 Å². The Hall–Kier alpha value is -3.42. The van der Waals surface area contributed by atoms with Crippen LogP contribution < -0.4 is 30.3 Å². The summed E-state index contributed by atoms with van der Waals surface area (Å²) in [5, 5.41) is 8.55. The molecule has 1 aliphatic rings. The summed E-state index contributed by atoms with van der Waals surface area (Å²) in [6, 6.07) is 10.2. The molecule has 0 unspecified atom stereocenters. The minimum Gasteiger partial charge on any atom is -0.497 e. The molecule has 0 spiro atoms. The van der Waals surface area contributed by atoms with Gasteiger partial charge < -0.3 is 30.3 Å². The number of rotatable bonds is 8. The molecule has 3 amide bonds. The topological polar surface area (TPSA) is 91.9 Å². The molecule has 1 heterocycles. The maximum Gasteiger partial charge on any atom is 0.323 e. The highest BCUT2D eigenvalue weighted by atomic mass is 16.5. The van der Waals surface area contributed by atoms with Gasteiger partial charge in [-0.1, -0.05) is 6.92 Å². The predicted octanol–water partition coefficient (Wildman–Crippen LogP) is 4.48. The highest BCUT2D eigenvalue weighted by Gasteiger charge is 2.20. The molecule has 3 N–H and O–H groups in total. The van der Waals surface area contributed by atoms with Crippen molar-refractivity contribution in [1.29, 1.82) is 0 Å². The van der Waals surface area contributed by atoms with Crippen LogP contribution in [0.25, 0.3) is 0 Å². The van der Waals surface area contributed by atoms with Crippen molar-refractivity contribution in [2.75, 3.05) is 49.4 Å². The molecule has 0 saturated carbocycles. The highest BCUT2D eigenvalue weighted by molar-refractivity contribution is 6.04. The smallest absolute Gasteiger partial charge is 0.323 e. The van der Waals surface area contributed by atoms with E-state index >= 15 is 0 Å². The third-order valence-corrected chi connectivity index (χ3v) is 5.39. The third kappa shape index (κ3) is 5.84. The number of nitrogens with one attached hydrogen (secondary N) is 3. The first kappa shape index (κ1) is 23.2. The van der Waals surface area contributed by atoms with Crippen molar-refractivity contribution in [2.24, 2.45) is 0 Å². The zero-order chi connectivity index (χ0) is 22.9. The van der Waals surface area contributed by atoms with Crippen LogP contribution in [-0.2, 0) is 0 Å². The van der Waals surface area contributed by atoms with Crippen LogP contribution in [0.1, 0.15) is 43.0 Å². The zero-order valence-electron chi connectivity index (χ0n) is 19.0. The minimum absolute atomic E-state index is 0.131. The van der Waals surface area contributed by atoms with Gasteiger partial charge in [0, 0.05) is 37.1 Å². The van der Waals surface area contributed by atoms with Gasteiger partial charge in [0.2, 0.25) is 0 Å². The quantitative estimate of drug-likeness (QED) is 0.563. The number of nitrogens with zero attached hydrogens (tertiary/aromatic N) is 1. The van der Waals surface area contributed by atoms with Crippen molar-refractivity contribution >= 4 is 29.0 Å². The molecule has 0 radical (unpaired) electrons. The second-order valence-corrected chi connectivity index (χ2v) is 7.68. The summed E-state index contributed by atoms with van der Waals surface area (Å²) in [7, 11) is 3.09. The Labute approximate surface area is 189 Å². The van der Waals surface area contributed by atoms with Crippen LogP contribution in [0.4, 0.5) is 21.9 Å². The predicted molar refractivity (Wildman–Crippen MR) is 127 cm³/mol. The fraction of sp³-hybridized carbons (Fsp3) is 0.417. The molecule has 1 saturated heterocycles. The van der Waals surface area contributed by atoms with E-state index in [1.54, 1.807) is 31.4 Å². The van der Waals surface area contributed by atoms with Gasteiger partial charge in [0.25, 0.3) is 5.91 Å². The Kier molecular flexibility index (Phi) is 8.19. The molecule has 172 valence electrons. The first-order valence-corrected chi connectivity index (χ1v) is 11.0. The van der Waals surface area contributed by atoms with Gasteiger partial charge in [-0.15, -0.1) is 0 Å². The van der Waals surface area contributed by atoms with E-state index in [0.717, 1.165) is 38.0 Å². The molecular formula is C24H32N4O4. The van der Waals surface area contributed by atoms with E-state index in [2.05, 4.69) is 20.9 Å². The molecule has 0 aliphatic carbocycles. The Bertz CT molecular complexity index is 942. The maximum atomic E-state index is 12.8. The van der Waals surface area contributed by atoms with Crippen LogP contribution in [0.5, 0.6) is 11.5 Å². The summed E-state index contributed by atoms with van der Waals surface area (Å²) in [5.41, 5.74) is 2.52. The van der Waals surface area contributed by atoms with Crippen molar-refractivity contribution in [2.45, 2.75) is 32.6 Å². The number of hydrogen-bond donors (Lipinski definition) is 3. The van der Waals surface area contributed by atoms with Crippen molar-refractivity contribution in [1.82, 2.24) is 5.32 Å². The molecule has 1 aliphatic heterocycles. The van der Waals surface area contributed by atoms with Crippen LogP contribution >= 0.6 is 0 Å². The second-order valence-electron chi connectivity index (χ2n) is 7.68. The maximum absolute atomic E-state index is 12.8. The lowest BCUT2D eigenvalue weighted by Crippen LogP contribution is -2.33. The molecule has 2 aromatic carbocycles. The van der Waals surface area contributed by atoms with Gasteiger partial charge in [0.1, 0.15) is 11.5 Å². The molecule has 2 aromatic rings. The standard InChI is InChI=1S/C24H32N4O4/c1-4-12-25-23(29)19-15-17(8-11-21(19)28-13-6-5-7-14-28)26-24(30)27-20-10-9-18(31-2)16-22(20)32-3/h8-11,15-16H,4-7,12-14H2,1-3H3,(H,25,29)(H2,26,27,30). The van der Waals surface area contributed by atoms with Gasteiger partial charge >= 0.3 is 6.03 Å². The molecule has 1 fully saturated rings. The van der Waals surface area contributed by atoms with E-state index in [9.17, 15) is 9.59 Å². The molecule has 0 atom stereocenters. The highest BCUT2D eigenvalue weighted by Crippen LogP contribution is 2.30.